The van der Waals surface area contributed by atoms with Gasteiger partial charge >= 0.3 is 6.18 Å². The van der Waals surface area contributed by atoms with Crippen molar-refractivity contribution in [2.24, 2.45) is 0 Å². The maximum Gasteiger partial charge on any atom is 0.432 e. The number of halogens is 3. The zero-order chi connectivity index (χ0) is 20.5. The second kappa shape index (κ2) is 7.08. The van der Waals surface area contributed by atoms with Gasteiger partial charge in [0.1, 0.15) is 17.2 Å². The third-order valence-electron chi connectivity index (χ3n) is 4.26. The molecule has 0 aliphatic carbocycles. The molecule has 1 aliphatic heterocycles. The van der Waals surface area contributed by atoms with Gasteiger partial charge in [-0.05, 0) is 36.4 Å². The number of hydrogen-bond donors (Lipinski definition) is 2. The predicted molar refractivity (Wildman–Crippen MR) is 93.3 cm³/mol. The number of hydrogen-bond acceptors (Lipinski definition) is 5. The monoisotopic (exact) mass is 394 g/mol. The van der Waals surface area contributed by atoms with E-state index in [2.05, 4.69) is 0 Å². The lowest BCUT2D eigenvalue weighted by Crippen LogP contribution is -2.51. The van der Waals surface area contributed by atoms with E-state index >= 15 is 0 Å². The molecule has 0 bridgehead atoms. The van der Waals surface area contributed by atoms with Crippen LogP contribution in [0, 0.1) is 0 Å². The molecule has 1 amide bonds. The molecule has 0 fully saturated rings. The van der Waals surface area contributed by atoms with E-state index in [1.807, 2.05) is 5.43 Å². The fourth-order valence-corrected chi connectivity index (χ4v) is 2.78. The van der Waals surface area contributed by atoms with Crippen molar-refractivity contribution in [1.29, 1.82) is 0 Å². The number of ether oxygens (including phenoxy) is 2. The van der Waals surface area contributed by atoms with Crippen LogP contribution in [0.5, 0.6) is 11.5 Å². The summed E-state index contributed by atoms with van der Waals surface area (Å²) < 4.78 is 49.9. The third-order valence-corrected chi connectivity index (χ3v) is 4.26. The highest BCUT2D eigenvalue weighted by Gasteiger charge is 2.50. The largest absolute Gasteiger partial charge is 0.497 e. The number of nitrogens with zero attached hydrogens (tertiary/aromatic N) is 1. The predicted octanol–water partition coefficient (Wildman–Crippen LogP) is 2.96. The summed E-state index contributed by atoms with van der Waals surface area (Å²) >= 11 is 0. The van der Waals surface area contributed by atoms with Crippen molar-refractivity contribution in [3.05, 3.63) is 71.4 Å². The molecule has 9 heteroatoms. The molecular weight excluding hydrogens is 377 g/mol. The maximum atomic E-state index is 13.3. The van der Waals surface area contributed by atoms with E-state index in [4.69, 9.17) is 9.47 Å². The summed E-state index contributed by atoms with van der Waals surface area (Å²) in [5.74, 6) is -0.0665. The Kier molecular flexibility index (Phi) is 4.95. The van der Waals surface area contributed by atoms with Gasteiger partial charge in [0, 0.05) is 17.2 Å². The normalized spacial score (nSPS) is 19.1. The first-order valence-corrected chi connectivity index (χ1v) is 8.11. The van der Waals surface area contributed by atoms with Crippen LogP contribution >= 0.6 is 0 Å². The van der Waals surface area contributed by atoms with Crippen molar-refractivity contribution in [3.8, 4) is 11.5 Å². The van der Waals surface area contributed by atoms with Crippen LogP contribution in [-0.2, 0) is 5.72 Å². The van der Waals surface area contributed by atoms with Crippen LogP contribution in [0.4, 0.5) is 13.2 Å². The van der Waals surface area contributed by atoms with Gasteiger partial charge in [-0.15, -0.1) is 0 Å². The summed E-state index contributed by atoms with van der Waals surface area (Å²) in [5.41, 5.74) is -1.56. The van der Waals surface area contributed by atoms with Gasteiger partial charge in [-0.3, -0.25) is 10.2 Å². The Bertz CT molecular complexity index is 912. The third kappa shape index (κ3) is 3.48. The van der Waals surface area contributed by atoms with Crippen LogP contribution in [0.1, 0.15) is 15.9 Å². The van der Waals surface area contributed by atoms with Crippen LogP contribution in [0.25, 0.3) is 0 Å². The first-order valence-electron chi connectivity index (χ1n) is 8.11. The standard InChI is InChI=1S/C19H17F3N2O4/c1-27-14-8-6-12(7-9-14)17(25)24-18(26,11-16(23-24)19(20,21)22)13-4-3-5-15(10-13)28-2/h3-11,23,26H,1-2H3. The van der Waals surface area contributed by atoms with Gasteiger partial charge in [-0.2, -0.15) is 13.2 Å². The first-order chi connectivity index (χ1) is 13.2. The van der Waals surface area contributed by atoms with E-state index in [0.29, 0.717) is 22.6 Å². The van der Waals surface area contributed by atoms with E-state index in [9.17, 15) is 23.1 Å². The Hall–Kier alpha value is -3.20. The van der Waals surface area contributed by atoms with Crippen LogP contribution in [0.15, 0.2) is 60.3 Å². The second-order valence-corrected chi connectivity index (χ2v) is 5.99. The molecule has 1 unspecified atom stereocenters. The molecule has 6 nitrogen and oxygen atoms in total. The highest BCUT2D eigenvalue weighted by molar-refractivity contribution is 5.95. The van der Waals surface area contributed by atoms with E-state index < -0.39 is 23.5 Å². The molecule has 28 heavy (non-hydrogen) atoms. The van der Waals surface area contributed by atoms with Gasteiger partial charge in [0.05, 0.1) is 14.2 Å². The molecule has 1 atom stereocenters. The maximum absolute atomic E-state index is 13.3. The average Bonchev–Trinajstić information content (AvgIpc) is 3.07. The molecule has 1 heterocycles. The Morgan fingerprint density at radius 1 is 1.07 bits per heavy atom. The van der Waals surface area contributed by atoms with Crippen molar-refractivity contribution in [1.82, 2.24) is 10.4 Å². The van der Waals surface area contributed by atoms with Crippen molar-refractivity contribution < 1.29 is 32.5 Å². The first kappa shape index (κ1) is 19.6. The molecule has 0 spiro atoms. The number of carbonyl (C=O) groups excluding carboxylic acids is 1. The number of hydrazine groups is 1. The van der Waals surface area contributed by atoms with Crippen LogP contribution in [0.2, 0.25) is 0 Å². The zero-order valence-corrected chi connectivity index (χ0v) is 14.9. The van der Waals surface area contributed by atoms with Gasteiger partial charge < -0.3 is 14.6 Å². The summed E-state index contributed by atoms with van der Waals surface area (Å²) in [6, 6.07) is 11.6. The smallest absolute Gasteiger partial charge is 0.432 e. The Balaban J connectivity index is 2.05. The molecule has 0 radical (unpaired) electrons. The number of benzene rings is 2. The minimum atomic E-state index is -4.79. The van der Waals surface area contributed by atoms with Gasteiger partial charge in [0.15, 0.2) is 0 Å². The fraction of sp³-hybridized carbons (Fsp3) is 0.211. The molecule has 148 valence electrons. The highest BCUT2D eigenvalue weighted by atomic mass is 19.4. The fourth-order valence-electron chi connectivity index (χ4n) is 2.78. The van der Waals surface area contributed by atoms with E-state index in [0.717, 1.165) is 0 Å². The summed E-state index contributed by atoms with van der Waals surface area (Å²) in [6.07, 6.45) is -4.23. The van der Waals surface area contributed by atoms with Crippen LogP contribution < -0.4 is 14.9 Å². The lowest BCUT2D eigenvalue weighted by molar-refractivity contribution is -0.104. The van der Waals surface area contributed by atoms with Crippen LogP contribution in [-0.4, -0.2) is 36.4 Å². The number of alkyl halides is 3. The zero-order valence-electron chi connectivity index (χ0n) is 14.9. The minimum Gasteiger partial charge on any atom is -0.497 e. The van der Waals surface area contributed by atoms with Crippen molar-refractivity contribution >= 4 is 5.91 Å². The molecule has 2 aromatic rings. The molecule has 0 aromatic heterocycles. The Labute approximate surface area is 158 Å². The summed E-state index contributed by atoms with van der Waals surface area (Å²) in [5, 5.41) is 11.6. The second-order valence-electron chi connectivity index (χ2n) is 5.99. The molecule has 0 saturated carbocycles. The lowest BCUT2D eigenvalue weighted by atomic mass is 10.0. The number of carbonyl (C=O) groups is 1. The SMILES string of the molecule is COc1ccc(C(=O)N2NC(C(F)(F)F)=CC2(O)c2cccc(OC)c2)cc1. The quantitative estimate of drug-likeness (QED) is 0.835. The van der Waals surface area contributed by atoms with Gasteiger partial charge in [-0.1, -0.05) is 12.1 Å². The van der Waals surface area contributed by atoms with Gasteiger partial charge in [0.2, 0.25) is 5.72 Å². The van der Waals surface area contributed by atoms with Gasteiger partial charge in [-0.25, -0.2) is 5.01 Å². The number of aliphatic hydroxyl groups is 1. The molecule has 2 N–H and O–H groups in total. The summed E-state index contributed by atoms with van der Waals surface area (Å²) in [7, 11) is 2.83. The van der Waals surface area contributed by atoms with Crippen molar-refractivity contribution in [2.45, 2.75) is 11.9 Å². The lowest BCUT2D eigenvalue weighted by Gasteiger charge is -2.33. The molecule has 2 aromatic carbocycles. The Morgan fingerprint density at radius 2 is 1.71 bits per heavy atom. The number of allylic oxidation sites excluding steroid dienone is 1. The van der Waals surface area contributed by atoms with Crippen LogP contribution in [0.3, 0.4) is 0 Å². The number of methoxy groups -OCH3 is 2. The summed E-state index contributed by atoms with van der Waals surface area (Å²) in [6.45, 7) is 0. The molecule has 1 aliphatic rings. The van der Waals surface area contributed by atoms with E-state index in [-0.39, 0.29) is 11.1 Å². The summed E-state index contributed by atoms with van der Waals surface area (Å²) in [4.78, 5) is 12.9. The minimum absolute atomic E-state index is 0.0282. The topological polar surface area (TPSA) is 71.0 Å². The highest BCUT2D eigenvalue weighted by Crippen LogP contribution is 2.39. The number of rotatable bonds is 4. The van der Waals surface area contributed by atoms with Crippen molar-refractivity contribution in [3.63, 3.8) is 0 Å². The average molecular weight is 394 g/mol. The van der Waals surface area contributed by atoms with Crippen molar-refractivity contribution in [2.75, 3.05) is 14.2 Å². The number of nitrogens with one attached hydrogen (secondary N) is 1. The number of amides is 1. The van der Waals surface area contributed by atoms with E-state index in [1.54, 1.807) is 6.07 Å². The molecule has 0 saturated heterocycles. The Morgan fingerprint density at radius 3 is 2.29 bits per heavy atom. The van der Waals surface area contributed by atoms with Gasteiger partial charge in [0.25, 0.3) is 5.91 Å². The molecular formula is C19H17F3N2O4. The molecule has 3 rings (SSSR count). The van der Waals surface area contributed by atoms with E-state index in [1.165, 1.54) is 56.7 Å².